The average molecular weight is 316 g/mol. The van der Waals surface area contributed by atoms with Gasteiger partial charge in [-0.2, -0.15) is 0 Å². The van der Waals surface area contributed by atoms with Gasteiger partial charge in [0, 0.05) is 12.6 Å². The Hall–Kier alpha value is -2.14. The van der Waals surface area contributed by atoms with Crippen LogP contribution in [-0.4, -0.2) is 29.3 Å². The Kier molecular flexibility index (Phi) is 5.72. The van der Waals surface area contributed by atoms with Crippen molar-refractivity contribution in [2.45, 2.75) is 26.4 Å². The van der Waals surface area contributed by atoms with E-state index in [0.717, 1.165) is 5.56 Å². The Morgan fingerprint density at radius 3 is 2.45 bits per heavy atom. The van der Waals surface area contributed by atoms with Gasteiger partial charge in [0.2, 0.25) is 5.91 Å². The zero-order valence-electron chi connectivity index (χ0n) is 12.8. The second-order valence-electron chi connectivity index (χ2n) is 5.26. The summed E-state index contributed by atoms with van der Waals surface area (Å²) in [5.74, 6) is -0.282. The molecule has 2 amide bonds. The summed E-state index contributed by atoms with van der Waals surface area (Å²) in [6, 6.07) is 13.5. The van der Waals surface area contributed by atoms with Crippen LogP contribution in [0.5, 0.6) is 0 Å². The molecule has 1 aromatic carbocycles. The Bertz CT molecular complexity index is 609. The van der Waals surface area contributed by atoms with Crippen LogP contribution in [0.1, 0.15) is 29.1 Å². The second kappa shape index (κ2) is 7.75. The molecule has 1 heterocycles. The Morgan fingerprint density at radius 1 is 1.14 bits per heavy atom. The summed E-state index contributed by atoms with van der Waals surface area (Å²) < 4.78 is 0. The van der Waals surface area contributed by atoms with Crippen LogP contribution in [0.4, 0.5) is 0 Å². The summed E-state index contributed by atoms with van der Waals surface area (Å²) in [6.45, 7) is 4.51. The highest BCUT2D eigenvalue weighted by atomic mass is 32.1. The number of thiophene rings is 1. The molecule has 0 radical (unpaired) electrons. The summed E-state index contributed by atoms with van der Waals surface area (Å²) in [5.41, 5.74) is 1.08. The van der Waals surface area contributed by atoms with Crippen LogP contribution in [0.15, 0.2) is 47.8 Å². The molecule has 2 aromatic rings. The van der Waals surface area contributed by atoms with Gasteiger partial charge in [-0.1, -0.05) is 36.4 Å². The van der Waals surface area contributed by atoms with E-state index in [9.17, 15) is 9.59 Å². The van der Waals surface area contributed by atoms with Crippen molar-refractivity contribution in [3.63, 3.8) is 0 Å². The molecule has 2 rings (SSSR count). The van der Waals surface area contributed by atoms with E-state index in [1.54, 1.807) is 11.0 Å². The molecule has 0 unspecified atom stereocenters. The Morgan fingerprint density at radius 2 is 1.86 bits per heavy atom. The van der Waals surface area contributed by atoms with Gasteiger partial charge in [0.1, 0.15) is 0 Å². The first-order chi connectivity index (χ1) is 10.6. The van der Waals surface area contributed by atoms with Crippen molar-refractivity contribution in [2.75, 3.05) is 6.54 Å². The molecule has 1 aromatic heterocycles. The molecule has 0 aliphatic rings. The van der Waals surface area contributed by atoms with Gasteiger partial charge in [-0.25, -0.2) is 0 Å². The summed E-state index contributed by atoms with van der Waals surface area (Å²) in [7, 11) is 0. The highest BCUT2D eigenvalue weighted by Crippen LogP contribution is 2.10. The Labute approximate surface area is 134 Å². The summed E-state index contributed by atoms with van der Waals surface area (Å²) in [5, 5.41) is 4.53. The fraction of sp³-hybridized carbons (Fsp3) is 0.294. The third-order valence-corrected chi connectivity index (χ3v) is 4.15. The molecule has 22 heavy (non-hydrogen) atoms. The number of carbonyl (C=O) groups is 2. The van der Waals surface area contributed by atoms with Gasteiger partial charge < -0.3 is 10.2 Å². The summed E-state index contributed by atoms with van der Waals surface area (Å²) in [4.78, 5) is 26.7. The number of nitrogens with zero attached hydrogens (tertiary/aromatic N) is 1. The van der Waals surface area contributed by atoms with E-state index in [1.165, 1.54) is 11.3 Å². The van der Waals surface area contributed by atoms with Crippen LogP contribution in [0.25, 0.3) is 0 Å². The molecule has 116 valence electrons. The minimum Gasteiger partial charge on any atom is -0.342 e. The maximum Gasteiger partial charge on any atom is 0.261 e. The number of amides is 2. The van der Waals surface area contributed by atoms with Gasteiger partial charge in [0.15, 0.2) is 0 Å². The van der Waals surface area contributed by atoms with Crippen LogP contribution >= 0.6 is 11.3 Å². The molecule has 0 aliphatic carbocycles. The van der Waals surface area contributed by atoms with E-state index >= 15 is 0 Å². The van der Waals surface area contributed by atoms with Gasteiger partial charge in [0.05, 0.1) is 11.4 Å². The average Bonchev–Trinajstić information content (AvgIpc) is 3.05. The van der Waals surface area contributed by atoms with Gasteiger partial charge >= 0.3 is 0 Å². The lowest BCUT2D eigenvalue weighted by atomic mass is 10.2. The SMILES string of the molecule is CC(C)N(Cc1ccccc1)C(=O)CNC(=O)c1cccs1. The molecule has 0 saturated carbocycles. The van der Waals surface area contributed by atoms with Crippen LogP contribution in [-0.2, 0) is 11.3 Å². The van der Waals surface area contributed by atoms with Crippen LogP contribution < -0.4 is 5.32 Å². The number of rotatable bonds is 6. The molecular formula is C17H20N2O2S. The maximum absolute atomic E-state index is 12.4. The molecule has 0 saturated heterocycles. The monoisotopic (exact) mass is 316 g/mol. The van der Waals surface area contributed by atoms with Crippen molar-refractivity contribution in [1.82, 2.24) is 10.2 Å². The highest BCUT2D eigenvalue weighted by molar-refractivity contribution is 7.12. The first-order valence-corrected chi connectivity index (χ1v) is 8.11. The van der Waals surface area contributed by atoms with E-state index in [2.05, 4.69) is 5.32 Å². The van der Waals surface area contributed by atoms with Gasteiger partial charge in [-0.3, -0.25) is 9.59 Å². The van der Waals surface area contributed by atoms with Crippen molar-refractivity contribution in [1.29, 1.82) is 0 Å². The number of nitrogens with one attached hydrogen (secondary N) is 1. The van der Waals surface area contributed by atoms with Crippen molar-refractivity contribution < 1.29 is 9.59 Å². The molecule has 0 aliphatic heterocycles. The third kappa shape index (κ3) is 4.43. The number of hydrogen-bond donors (Lipinski definition) is 1. The quantitative estimate of drug-likeness (QED) is 0.891. The van der Waals surface area contributed by atoms with E-state index in [4.69, 9.17) is 0 Å². The van der Waals surface area contributed by atoms with Crippen molar-refractivity contribution in [2.24, 2.45) is 0 Å². The maximum atomic E-state index is 12.4. The molecule has 0 atom stereocenters. The smallest absolute Gasteiger partial charge is 0.261 e. The van der Waals surface area contributed by atoms with Crippen LogP contribution in [0.2, 0.25) is 0 Å². The van der Waals surface area contributed by atoms with Gasteiger partial charge in [-0.15, -0.1) is 11.3 Å². The lowest BCUT2D eigenvalue weighted by Gasteiger charge is -2.27. The zero-order chi connectivity index (χ0) is 15.9. The highest BCUT2D eigenvalue weighted by Gasteiger charge is 2.18. The lowest BCUT2D eigenvalue weighted by Crippen LogP contribution is -2.43. The molecule has 5 heteroatoms. The molecule has 0 spiro atoms. The van der Waals surface area contributed by atoms with Crippen molar-refractivity contribution in [3.8, 4) is 0 Å². The van der Waals surface area contributed by atoms with Crippen molar-refractivity contribution in [3.05, 3.63) is 58.3 Å². The van der Waals surface area contributed by atoms with Crippen LogP contribution in [0.3, 0.4) is 0 Å². The normalized spacial score (nSPS) is 10.5. The number of carbonyl (C=O) groups excluding carboxylic acids is 2. The zero-order valence-corrected chi connectivity index (χ0v) is 13.6. The number of hydrogen-bond acceptors (Lipinski definition) is 3. The molecule has 0 bridgehead atoms. The summed E-state index contributed by atoms with van der Waals surface area (Å²) >= 11 is 1.36. The first-order valence-electron chi connectivity index (χ1n) is 7.23. The molecule has 4 nitrogen and oxygen atoms in total. The van der Waals surface area contributed by atoms with Gasteiger partial charge in [-0.05, 0) is 30.9 Å². The topological polar surface area (TPSA) is 49.4 Å². The van der Waals surface area contributed by atoms with Crippen LogP contribution in [0, 0.1) is 0 Å². The second-order valence-corrected chi connectivity index (χ2v) is 6.21. The largest absolute Gasteiger partial charge is 0.342 e. The van der Waals surface area contributed by atoms with E-state index in [1.807, 2.05) is 55.6 Å². The lowest BCUT2D eigenvalue weighted by molar-refractivity contribution is -0.132. The molecule has 0 fully saturated rings. The fourth-order valence-corrected chi connectivity index (χ4v) is 2.73. The molecular weight excluding hydrogens is 296 g/mol. The Balaban J connectivity index is 1.94. The third-order valence-electron chi connectivity index (χ3n) is 3.28. The van der Waals surface area contributed by atoms with Crippen molar-refractivity contribution >= 4 is 23.2 Å². The molecule has 1 N–H and O–H groups in total. The summed E-state index contributed by atoms with van der Waals surface area (Å²) in [6.07, 6.45) is 0. The standard InChI is InChI=1S/C17H20N2O2S/c1-13(2)19(12-14-7-4-3-5-8-14)16(20)11-18-17(21)15-9-6-10-22-15/h3-10,13H,11-12H2,1-2H3,(H,18,21). The predicted molar refractivity (Wildman–Crippen MR) is 88.8 cm³/mol. The van der Waals surface area contributed by atoms with E-state index in [0.29, 0.717) is 11.4 Å². The predicted octanol–water partition coefficient (Wildman–Crippen LogP) is 2.92. The fourth-order valence-electron chi connectivity index (χ4n) is 2.09. The van der Waals surface area contributed by atoms with E-state index in [-0.39, 0.29) is 24.4 Å². The number of benzene rings is 1. The van der Waals surface area contributed by atoms with Gasteiger partial charge in [0.25, 0.3) is 5.91 Å². The van der Waals surface area contributed by atoms with E-state index < -0.39 is 0 Å². The minimum atomic E-state index is -0.202. The first kappa shape index (κ1) is 16.2. The minimum absolute atomic E-state index is 0.0156.